The van der Waals surface area contributed by atoms with Gasteiger partial charge in [0.05, 0.1) is 31.7 Å². The number of carbonyl (C=O) groups excluding carboxylic acids is 1. The minimum atomic E-state index is -0.0965. The number of rotatable bonds is 6. The zero-order valence-corrected chi connectivity index (χ0v) is 16.0. The van der Waals surface area contributed by atoms with Crippen molar-refractivity contribution in [3.63, 3.8) is 0 Å². The first-order valence-electron chi connectivity index (χ1n) is 8.68. The molecule has 0 bridgehead atoms. The highest BCUT2D eigenvalue weighted by Gasteiger charge is 2.63. The van der Waals surface area contributed by atoms with Crippen molar-refractivity contribution in [2.75, 3.05) is 20.8 Å². The van der Waals surface area contributed by atoms with E-state index in [-0.39, 0.29) is 17.9 Å². The molecule has 2 aliphatic rings. The summed E-state index contributed by atoms with van der Waals surface area (Å²) in [6.07, 6.45) is 0.838. The SMILES string of the molecule is CCOC(=O)[C@H]1[C@H]2[C@@H]1N(Cc1ccc(OC)cc1OC)C(=S)C[C@@H]2C. The maximum Gasteiger partial charge on any atom is 0.311 e. The molecule has 0 radical (unpaired) electrons. The number of ether oxygens (including phenoxy) is 3. The molecule has 0 unspecified atom stereocenters. The molecular formula is C19H25NO4S. The zero-order valence-electron chi connectivity index (χ0n) is 15.2. The molecule has 136 valence electrons. The molecule has 6 heteroatoms. The second-order valence-corrected chi connectivity index (χ2v) is 7.20. The Morgan fingerprint density at radius 2 is 2.08 bits per heavy atom. The van der Waals surface area contributed by atoms with Crippen molar-refractivity contribution >= 4 is 23.2 Å². The second-order valence-electron chi connectivity index (χ2n) is 6.73. The Kier molecular flexibility index (Phi) is 5.18. The van der Waals surface area contributed by atoms with E-state index in [4.69, 9.17) is 26.4 Å². The minimum absolute atomic E-state index is 0.0698. The van der Waals surface area contributed by atoms with Crippen molar-refractivity contribution in [2.45, 2.75) is 32.9 Å². The highest BCUT2D eigenvalue weighted by molar-refractivity contribution is 7.80. The molecule has 0 amide bonds. The number of carbonyl (C=O) groups is 1. The molecule has 1 aliphatic carbocycles. The first-order valence-corrected chi connectivity index (χ1v) is 9.09. The smallest absolute Gasteiger partial charge is 0.311 e. The van der Waals surface area contributed by atoms with Crippen LogP contribution in [0.25, 0.3) is 0 Å². The van der Waals surface area contributed by atoms with Gasteiger partial charge in [-0.2, -0.15) is 0 Å². The second kappa shape index (κ2) is 7.20. The third kappa shape index (κ3) is 3.32. The fraction of sp³-hybridized carbons (Fsp3) is 0.579. The van der Waals surface area contributed by atoms with Crippen LogP contribution in [0.1, 0.15) is 25.8 Å². The number of nitrogens with zero attached hydrogens (tertiary/aromatic N) is 1. The fourth-order valence-electron chi connectivity index (χ4n) is 4.00. The average molecular weight is 363 g/mol. The fourth-order valence-corrected chi connectivity index (χ4v) is 4.45. The average Bonchev–Trinajstić information content (AvgIpc) is 3.35. The van der Waals surface area contributed by atoms with E-state index in [1.54, 1.807) is 14.2 Å². The van der Waals surface area contributed by atoms with Crippen LogP contribution in [0.15, 0.2) is 18.2 Å². The highest BCUT2D eigenvalue weighted by Crippen LogP contribution is 2.54. The van der Waals surface area contributed by atoms with E-state index in [0.717, 1.165) is 28.5 Å². The monoisotopic (exact) mass is 363 g/mol. The quantitative estimate of drug-likeness (QED) is 0.572. The van der Waals surface area contributed by atoms with E-state index in [2.05, 4.69) is 11.8 Å². The van der Waals surface area contributed by atoms with Gasteiger partial charge in [0, 0.05) is 30.6 Å². The summed E-state index contributed by atoms with van der Waals surface area (Å²) in [4.78, 5) is 15.4. The number of likely N-dealkylation sites (tertiary alicyclic amines) is 1. The van der Waals surface area contributed by atoms with Gasteiger partial charge in [-0.3, -0.25) is 4.79 Å². The van der Waals surface area contributed by atoms with Gasteiger partial charge in [0.25, 0.3) is 0 Å². The van der Waals surface area contributed by atoms with Crippen LogP contribution in [0.3, 0.4) is 0 Å². The summed E-state index contributed by atoms with van der Waals surface area (Å²) in [5.41, 5.74) is 1.04. The predicted octanol–water partition coefficient (Wildman–Crippen LogP) is 3.05. The third-order valence-corrected chi connectivity index (χ3v) is 5.66. The predicted molar refractivity (Wildman–Crippen MR) is 98.9 cm³/mol. The van der Waals surface area contributed by atoms with Crippen LogP contribution in [-0.4, -0.2) is 42.7 Å². The van der Waals surface area contributed by atoms with Gasteiger partial charge < -0.3 is 19.1 Å². The number of piperidine rings is 1. The molecule has 1 saturated heterocycles. The van der Waals surface area contributed by atoms with Gasteiger partial charge in [-0.1, -0.05) is 19.1 Å². The lowest BCUT2D eigenvalue weighted by atomic mass is 9.97. The molecular weight excluding hydrogens is 338 g/mol. The molecule has 1 saturated carbocycles. The summed E-state index contributed by atoms with van der Waals surface area (Å²) >= 11 is 5.65. The van der Waals surface area contributed by atoms with Crippen LogP contribution in [0.5, 0.6) is 11.5 Å². The molecule has 2 fully saturated rings. The maximum absolute atomic E-state index is 12.3. The van der Waals surface area contributed by atoms with Gasteiger partial charge in [0.15, 0.2) is 0 Å². The summed E-state index contributed by atoms with van der Waals surface area (Å²) < 4.78 is 16.0. The van der Waals surface area contributed by atoms with E-state index in [1.807, 2.05) is 25.1 Å². The lowest BCUT2D eigenvalue weighted by Crippen LogP contribution is -2.38. The van der Waals surface area contributed by atoms with Crippen LogP contribution in [0.2, 0.25) is 0 Å². The molecule has 0 N–H and O–H groups in total. The number of esters is 1. The Hall–Kier alpha value is -1.82. The summed E-state index contributed by atoms with van der Waals surface area (Å²) in [6.45, 7) is 5.07. The molecule has 0 aromatic heterocycles. The summed E-state index contributed by atoms with van der Waals surface area (Å²) in [5, 5.41) is 0. The van der Waals surface area contributed by atoms with Gasteiger partial charge in [-0.05, 0) is 30.9 Å². The topological polar surface area (TPSA) is 48.0 Å². The first-order chi connectivity index (χ1) is 12.0. The summed E-state index contributed by atoms with van der Waals surface area (Å²) in [5.74, 6) is 2.10. The van der Waals surface area contributed by atoms with Crippen LogP contribution >= 0.6 is 12.2 Å². The van der Waals surface area contributed by atoms with E-state index >= 15 is 0 Å². The number of thiocarbonyl (C=S) groups is 1. The molecule has 25 heavy (non-hydrogen) atoms. The molecule has 4 atom stereocenters. The molecule has 0 spiro atoms. The number of hydrogen-bond acceptors (Lipinski definition) is 5. The molecule has 1 aliphatic heterocycles. The molecule has 3 rings (SSSR count). The zero-order chi connectivity index (χ0) is 18.1. The Morgan fingerprint density at radius 3 is 2.72 bits per heavy atom. The van der Waals surface area contributed by atoms with Crippen molar-refractivity contribution in [1.29, 1.82) is 0 Å². The first kappa shape index (κ1) is 18.0. The van der Waals surface area contributed by atoms with E-state index < -0.39 is 0 Å². The minimum Gasteiger partial charge on any atom is -0.497 e. The van der Waals surface area contributed by atoms with Crippen LogP contribution in [0.4, 0.5) is 0 Å². The van der Waals surface area contributed by atoms with Crippen LogP contribution in [-0.2, 0) is 16.1 Å². The maximum atomic E-state index is 12.3. The van der Waals surface area contributed by atoms with Gasteiger partial charge in [-0.15, -0.1) is 0 Å². The number of fused-ring (bicyclic) bond motifs is 1. The van der Waals surface area contributed by atoms with E-state index in [0.29, 0.717) is 25.0 Å². The van der Waals surface area contributed by atoms with Gasteiger partial charge >= 0.3 is 5.97 Å². The molecule has 1 heterocycles. The van der Waals surface area contributed by atoms with Crippen molar-refractivity contribution in [2.24, 2.45) is 17.8 Å². The third-order valence-electron chi connectivity index (χ3n) is 5.26. The van der Waals surface area contributed by atoms with E-state index in [9.17, 15) is 4.79 Å². The lowest BCUT2D eigenvalue weighted by molar-refractivity contribution is -0.145. The van der Waals surface area contributed by atoms with Gasteiger partial charge in [0.2, 0.25) is 0 Å². The molecule has 1 aromatic rings. The van der Waals surface area contributed by atoms with E-state index in [1.165, 1.54) is 0 Å². The van der Waals surface area contributed by atoms with Crippen molar-refractivity contribution < 1.29 is 19.0 Å². The van der Waals surface area contributed by atoms with Gasteiger partial charge in [-0.25, -0.2) is 0 Å². The summed E-state index contributed by atoms with van der Waals surface area (Å²) in [7, 11) is 3.28. The molecule has 1 aromatic carbocycles. The van der Waals surface area contributed by atoms with Crippen molar-refractivity contribution in [3.8, 4) is 11.5 Å². The Morgan fingerprint density at radius 1 is 1.32 bits per heavy atom. The van der Waals surface area contributed by atoms with Gasteiger partial charge in [0.1, 0.15) is 11.5 Å². The number of methoxy groups -OCH3 is 2. The highest BCUT2D eigenvalue weighted by atomic mass is 32.1. The summed E-state index contributed by atoms with van der Waals surface area (Å²) in [6, 6.07) is 5.93. The van der Waals surface area contributed by atoms with Crippen LogP contribution in [0, 0.1) is 17.8 Å². The Labute approximate surface area is 154 Å². The molecule has 5 nitrogen and oxygen atoms in total. The lowest BCUT2D eigenvalue weighted by Gasteiger charge is -2.32. The normalized spacial score (nSPS) is 27.5. The largest absolute Gasteiger partial charge is 0.497 e. The Bertz CT molecular complexity index is 677. The van der Waals surface area contributed by atoms with Crippen LogP contribution < -0.4 is 9.47 Å². The standard InChI is InChI=1S/C19H25NO4S/c1-5-24-19(21)17-16-11(2)8-15(25)20(18(16)17)10-12-6-7-13(22-3)9-14(12)23-4/h6-7,9,11,16-18H,5,8,10H2,1-4H3/t11-,16-,17-,18-/m0/s1. The number of hydrogen-bond donors (Lipinski definition) is 0. The number of benzene rings is 1. The Balaban J connectivity index is 1.82. The van der Waals surface area contributed by atoms with Crippen molar-refractivity contribution in [3.05, 3.63) is 23.8 Å². The van der Waals surface area contributed by atoms with Crippen molar-refractivity contribution in [1.82, 2.24) is 4.90 Å².